The zero-order valence-electron chi connectivity index (χ0n) is 12.0. The van der Waals surface area contributed by atoms with Crippen LogP contribution in [-0.2, 0) is 11.8 Å². The standard InChI is InChI=1S/C14H25N3O/c1-10(14-11(2)16-17(4)12(14)3)15-9-13-5-7-18-8-6-13/h10,13,15H,5-9H2,1-4H3. The van der Waals surface area contributed by atoms with E-state index in [1.807, 2.05) is 11.7 Å². The minimum Gasteiger partial charge on any atom is -0.381 e. The van der Waals surface area contributed by atoms with Gasteiger partial charge in [-0.25, -0.2) is 0 Å². The smallest absolute Gasteiger partial charge is 0.0644 e. The van der Waals surface area contributed by atoms with E-state index in [-0.39, 0.29) is 0 Å². The third kappa shape index (κ3) is 2.93. The predicted molar refractivity (Wildman–Crippen MR) is 72.6 cm³/mol. The highest BCUT2D eigenvalue weighted by molar-refractivity contribution is 5.27. The second-order valence-electron chi connectivity index (χ2n) is 5.39. The Hall–Kier alpha value is -0.870. The molecule has 0 spiro atoms. The summed E-state index contributed by atoms with van der Waals surface area (Å²) in [5.41, 5.74) is 3.76. The van der Waals surface area contributed by atoms with Gasteiger partial charge in [0.05, 0.1) is 5.69 Å². The molecule has 0 bridgehead atoms. The van der Waals surface area contributed by atoms with Crippen molar-refractivity contribution >= 4 is 0 Å². The maximum absolute atomic E-state index is 5.39. The van der Waals surface area contributed by atoms with Gasteiger partial charge in [-0.15, -0.1) is 0 Å². The van der Waals surface area contributed by atoms with E-state index in [2.05, 4.69) is 31.2 Å². The average molecular weight is 251 g/mol. The zero-order valence-corrected chi connectivity index (χ0v) is 12.0. The van der Waals surface area contributed by atoms with Gasteiger partial charge in [-0.1, -0.05) is 0 Å². The molecule has 1 N–H and O–H groups in total. The summed E-state index contributed by atoms with van der Waals surface area (Å²) in [6.45, 7) is 9.39. The molecule has 1 aliphatic rings. The SMILES string of the molecule is Cc1nn(C)c(C)c1C(C)NCC1CCOCC1. The molecule has 0 aromatic carbocycles. The molecule has 2 heterocycles. The minimum atomic E-state index is 0.376. The number of nitrogens with one attached hydrogen (secondary N) is 1. The van der Waals surface area contributed by atoms with E-state index in [1.54, 1.807) is 0 Å². The average Bonchev–Trinajstić information content (AvgIpc) is 2.62. The van der Waals surface area contributed by atoms with Crippen molar-refractivity contribution in [1.82, 2.24) is 15.1 Å². The van der Waals surface area contributed by atoms with E-state index in [9.17, 15) is 0 Å². The van der Waals surface area contributed by atoms with Crippen LogP contribution in [0.4, 0.5) is 0 Å². The Morgan fingerprint density at radius 1 is 1.39 bits per heavy atom. The van der Waals surface area contributed by atoms with Crippen molar-refractivity contribution in [2.24, 2.45) is 13.0 Å². The maximum Gasteiger partial charge on any atom is 0.0644 e. The monoisotopic (exact) mass is 251 g/mol. The number of aryl methyl sites for hydroxylation is 2. The molecule has 1 aromatic heterocycles. The number of nitrogens with zero attached hydrogens (tertiary/aromatic N) is 2. The Bertz CT molecular complexity index is 394. The van der Waals surface area contributed by atoms with E-state index in [0.717, 1.165) is 31.4 Å². The summed E-state index contributed by atoms with van der Waals surface area (Å²) >= 11 is 0. The van der Waals surface area contributed by atoms with Crippen LogP contribution < -0.4 is 5.32 Å². The quantitative estimate of drug-likeness (QED) is 0.891. The highest BCUT2D eigenvalue weighted by Gasteiger charge is 2.18. The second kappa shape index (κ2) is 5.85. The summed E-state index contributed by atoms with van der Waals surface area (Å²) in [6, 6.07) is 0.376. The maximum atomic E-state index is 5.39. The molecule has 4 nitrogen and oxygen atoms in total. The van der Waals surface area contributed by atoms with Gasteiger partial charge >= 0.3 is 0 Å². The van der Waals surface area contributed by atoms with Gasteiger partial charge in [0.1, 0.15) is 0 Å². The molecule has 1 fully saturated rings. The van der Waals surface area contributed by atoms with Crippen LogP contribution in [0.25, 0.3) is 0 Å². The van der Waals surface area contributed by atoms with E-state index in [4.69, 9.17) is 4.74 Å². The van der Waals surface area contributed by atoms with Gasteiger partial charge in [0.15, 0.2) is 0 Å². The number of hydrogen-bond acceptors (Lipinski definition) is 3. The lowest BCUT2D eigenvalue weighted by atomic mass is 9.99. The molecule has 18 heavy (non-hydrogen) atoms. The van der Waals surface area contributed by atoms with Crippen LogP contribution >= 0.6 is 0 Å². The molecule has 1 atom stereocenters. The van der Waals surface area contributed by atoms with Crippen LogP contribution in [0.2, 0.25) is 0 Å². The van der Waals surface area contributed by atoms with Crippen LogP contribution in [0, 0.1) is 19.8 Å². The van der Waals surface area contributed by atoms with Crippen molar-refractivity contribution in [1.29, 1.82) is 0 Å². The lowest BCUT2D eigenvalue weighted by molar-refractivity contribution is 0.0656. The van der Waals surface area contributed by atoms with Crippen molar-refractivity contribution in [3.05, 3.63) is 17.0 Å². The molecule has 1 aliphatic heterocycles. The van der Waals surface area contributed by atoms with Crippen LogP contribution in [0.1, 0.15) is 42.8 Å². The van der Waals surface area contributed by atoms with Crippen LogP contribution in [0.15, 0.2) is 0 Å². The summed E-state index contributed by atoms with van der Waals surface area (Å²) in [7, 11) is 2.01. The molecule has 102 valence electrons. The van der Waals surface area contributed by atoms with Gasteiger partial charge in [0, 0.05) is 37.6 Å². The molecule has 4 heteroatoms. The Balaban J connectivity index is 1.92. The van der Waals surface area contributed by atoms with E-state index < -0.39 is 0 Å². The van der Waals surface area contributed by atoms with E-state index >= 15 is 0 Å². The summed E-state index contributed by atoms with van der Waals surface area (Å²) in [5, 5.41) is 8.14. The van der Waals surface area contributed by atoms with Crippen molar-refractivity contribution < 1.29 is 4.74 Å². The summed E-state index contributed by atoms with van der Waals surface area (Å²) in [6.07, 6.45) is 2.37. The first-order chi connectivity index (χ1) is 8.59. The van der Waals surface area contributed by atoms with Crippen molar-refractivity contribution in [3.8, 4) is 0 Å². The van der Waals surface area contributed by atoms with Gasteiger partial charge < -0.3 is 10.1 Å². The van der Waals surface area contributed by atoms with Crippen LogP contribution in [-0.4, -0.2) is 29.5 Å². The van der Waals surface area contributed by atoms with Gasteiger partial charge in [-0.05, 0) is 46.1 Å². The molecule has 1 saturated heterocycles. The minimum absolute atomic E-state index is 0.376. The lowest BCUT2D eigenvalue weighted by Gasteiger charge is -2.24. The van der Waals surface area contributed by atoms with Crippen molar-refractivity contribution in [3.63, 3.8) is 0 Å². The first-order valence-electron chi connectivity index (χ1n) is 6.90. The van der Waals surface area contributed by atoms with Gasteiger partial charge in [0.25, 0.3) is 0 Å². The molecule has 1 aromatic rings. The third-order valence-corrected chi connectivity index (χ3v) is 4.05. The zero-order chi connectivity index (χ0) is 13.1. The first-order valence-corrected chi connectivity index (χ1v) is 6.90. The number of rotatable bonds is 4. The fourth-order valence-corrected chi connectivity index (χ4v) is 2.81. The predicted octanol–water partition coefficient (Wildman–Crippen LogP) is 2.11. The third-order valence-electron chi connectivity index (χ3n) is 4.05. The molecule has 1 unspecified atom stereocenters. The van der Waals surface area contributed by atoms with Gasteiger partial charge in [-0.3, -0.25) is 4.68 Å². The molecule has 0 aliphatic carbocycles. The fourth-order valence-electron chi connectivity index (χ4n) is 2.81. The molecule has 2 rings (SSSR count). The molecular weight excluding hydrogens is 226 g/mol. The Morgan fingerprint density at radius 2 is 2.06 bits per heavy atom. The summed E-state index contributed by atoms with van der Waals surface area (Å²) < 4.78 is 7.36. The summed E-state index contributed by atoms with van der Waals surface area (Å²) in [5.74, 6) is 0.762. The largest absolute Gasteiger partial charge is 0.381 e. The molecule has 0 amide bonds. The number of ether oxygens (including phenoxy) is 1. The topological polar surface area (TPSA) is 39.1 Å². The van der Waals surface area contributed by atoms with Crippen molar-refractivity contribution in [2.45, 2.75) is 39.7 Å². The molecule has 0 saturated carbocycles. The van der Waals surface area contributed by atoms with Crippen LogP contribution in [0.3, 0.4) is 0 Å². The highest BCUT2D eigenvalue weighted by atomic mass is 16.5. The Morgan fingerprint density at radius 3 is 2.61 bits per heavy atom. The highest BCUT2D eigenvalue weighted by Crippen LogP contribution is 2.22. The Kier molecular flexibility index (Phi) is 4.40. The normalized spacial score (nSPS) is 19.1. The van der Waals surface area contributed by atoms with Gasteiger partial charge in [0.2, 0.25) is 0 Å². The lowest BCUT2D eigenvalue weighted by Crippen LogP contribution is -2.30. The van der Waals surface area contributed by atoms with E-state index in [0.29, 0.717) is 6.04 Å². The molecular formula is C14H25N3O. The van der Waals surface area contributed by atoms with Crippen molar-refractivity contribution in [2.75, 3.05) is 19.8 Å². The summed E-state index contributed by atoms with van der Waals surface area (Å²) in [4.78, 5) is 0. The Labute approximate surface area is 110 Å². The van der Waals surface area contributed by atoms with E-state index in [1.165, 1.54) is 24.1 Å². The first kappa shape index (κ1) is 13.6. The number of hydrogen-bond donors (Lipinski definition) is 1. The second-order valence-corrected chi connectivity index (χ2v) is 5.39. The molecule has 0 radical (unpaired) electrons. The van der Waals surface area contributed by atoms with Crippen LogP contribution in [0.5, 0.6) is 0 Å². The van der Waals surface area contributed by atoms with Gasteiger partial charge in [-0.2, -0.15) is 5.10 Å². The number of aromatic nitrogens is 2. The fraction of sp³-hybridized carbons (Fsp3) is 0.786.